The van der Waals surface area contributed by atoms with Crippen LogP contribution in [0.3, 0.4) is 0 Å². The number of fused-ring (bicyclic) bond motifs is 1. The van der Waals surface area contributed by atoms with Crippen molar-refractivity contribution in [3.63, 3.8) is 0 Å². The zero-order valence-corrected chi connectivity index (χ0v) is 17.9. The zero-order valence-electron chi connectivity index (χ0n) is 16.3. The van der Waals surface area contributed by atoms with Gasteiger partial charge in [-0.3, -0.25) is 4.98 Å². The summed E-state index contributed by atoms with van der Waals surface area (Å²) < 4.78 is 1.19. The molecular formula is C23H22ClN3OS. The fourth-order valence-corrected chi connectivity index (χ4v) is 4.69. The molecule has 29 heavy (non-hydrogen) atoms. The fraction of sp³-hybridized carbons (Fsp3) is 0.217. The summed E-state index contributed by atoms with van der Waals surface area (Å²) in [5.41, 5.74) is 9.55. The van der Waals surface area contributed by atoms with Crippen LogP contribution in [-0.4, -0.2) is 21.7 Å². The maximum absolute atomic E-state index is 9.72. The lowest BCUT2D eigenvalue weighted by Crippen LogP contribution is -2.22. The number of benzene rings is 1. The summed E-state index contributed by atoms with van der Waals surface area (Å²) in [6.07, 6.45) is 4.12. The van der Waals surface area contributed by atoms with Gasteiger partial charge in [-0.2, -0.15) is 0 Å². The fourth-order valence-electron chi connectivity index (χ4n) is 3.32. The minimum absolute atomic E-state index is 0.0830. The number of nitrogen functional groups attached to an aromatic ring is 1. The Kier molecular flexibility index (Phi) is 5.30. The third-order valence-corrected chi connectivity index (χ3v) is 6.65. The minimum Gasteiger partial charge on any atom is -0.395 e. The smallest absolute Gasteiger partial charge is 0.123 e. The number of rotatable bonds is 5. The molecule has 0 aliphatic rings. The molecule has 0 aliphatic heterocycles. The van der Waals surface area contributed by atoms with Gasteiger partial charge in [0.15, 0.2) is 0 Å². The van der Waals surface area contributed by atoms with Gasteiger partial charge in [0.2, 0.25) is 0 Å². The quantitative estimate of drug-likeness (QED) is 0.447. The molecule has 0 saturated heterocycles. The van der Waals surface area contributed by atoms with Crippen LogP contribution in [0.25, 0.3) is 21.3 Å². The molecule has 0 bridgehead atoms. The average molecular weight is 424 g/mol. The SMILES string of the molecule is CC(C)(CO)c1ccnc(-c2cccc3cc(Cc4cc(N)ncc4Cl)sc23)c1. The number of pyridine rings is 2. The normalized spacial score (nSPS) is 11.9. The van der Waals surface area contributed by atoms with E-state index in [1.807, 2.05) is 32.2 Å². The van der Waals surface area contributed by atoms with Crippen LogP contribution in [0.5, 0.6) is 0 Å². The van der Waals surface area contributed by atoms with Gasteiger partial charge < -0.3 is 10.8 Å². The molecule has 3 N–H and O–H groups in total. The summed E-state index contributed by atoms with van der Waals surface area (Å²) >= 11 is 8.04. The molecule has 148 valence electrons. The number of halogens is 1. The molecule has 0 aliphatic carbocycles. The van der Waals surface area contributed by atoms with Gasteiger partial charge in [-0.05, 0) is 40.8 Å². The number of aromatic nitrogens is 2. The van der Waals surface area contributed by atoms with E-state index < -0.39 is 0 Å². The number of hydrogen-bond donors (Lipinski definition) is 2. The Morgan fingerprint density at radius 1 is 1.14 bits per heavy atom. The van der Waals surface area contributed by atoms with E-state index in [2.05, 4.69) is 40.3 Å². The van der Waals surface area contributed by atoms with Crippen molar-refractivity contribution >= 4 is 38.8 Å². The van der Waals surface area contributed by atoms with E-state index >= 15 is 0 Å². The molecule has 4 aromatic rings. The van der Waals surface area contributed by atoms with Crippen LogP contribution in [0.1, 0.15) is 29.9 Å². The second-order valence-electron chi connectivity index (χ2n) is 7.79. The van der Waals surface area contributed by atoms with E-state index in [9.17, 15) is 5.11 Å². The van der Waals surface area contributed by atoms with E-state index in [4.69, 9.17) is 17.3 Å². The van der Waals surface area contributed by atoms with Gasteiger partial charge >= 0.3 is 0 Å². The lowest BCUT2D eigenvalue weighted by atomic mass is 9.85. The highest BCUT2D eigenvalue weighted by atomic mass is 35.5. The Morgan fingerprint density at radius 3 is 2.76 bits per heavy atom. The Labute approximate surface area is 179 Å². The highest BCUT2D eigenvalue weighted by Gasteiger charge is 2.20. The van der Waals surface area contributed by atoms with Crippen molar-refractivity contribution in [3.8, 4) is 11.3 Å². The predicted molar refractivity (Wildman–Crippen MR) is 122 cm³/mol. The van der Waals surface area contributed by atoms with Crippen LogP contribution in [0.4, 0.5) is 5.82 Å². The van der Waals surface area contributed by atoms with Crippen LogP contribution in [0, 0.1) is 0 Å². The Balaban J connectivity index is 1.76. The van der Waals surface area contributed by atoms with Crippen molar-refractivity contribution in [3.05, 3.63) is 75.9 Å². The zero-order chi connectivity index (χ0) is 20.6. The van der Waals surface area contributed by atoms with Crippen molar-refractivity contribution in [1.82, 2.24) is 9.97 Å². The second-order valence-corrected chi connectivity index (χ2v) is 9.33. The largest absolute Gasteiger partial charge is 0.395 e. The highest BCUT2D eigenvalue weighted by molar-refractivity contribution is 7.19. The number of nitrogens with zero attached hydrogens (tertiary/aromatic N) is 2. The van der Waals surface area contributed by atoms with E-state index in [0.29, 0.717) is 17.3 Å². The van der Waals surface area contributed by atoms with Crippen LogP contribution in [0.2, 0.25) is 5.02 Å². The number of nitrogens with two attached hydrogens (primary N) is 1. The molecule has 0 atom stereocenters. The van der Waals surface area contributed by atoms with Crippen LogP contribution < -0.4 is 5.73 Å². The number of anilines is 1. The molecule has 1 aromatic carbocycles. The number of aliphatic hydroxyl groups is 1. The van der Waals surface area contributed by atoms with Crippen molar-refractivity contribution in [2.75, 3.05) is 12.3 Å². The Hall–Kier alpha value is -2.47. The lowest BCUT2D eigenvalue weighted by Gasteiger charge is -2.22. The number of thiophene rings is 1. The molecule has 4 rings (SSSR count). The second kappa shape index (κ2) is 7.75. The summed E-state index contributed by atoms with van der Waals surface area (Å²) in [6.45, 7) is 4.14. The average Bonchev–Trinajstić information content (AvgIpc) is 3.13. The number of aliphatic hydroxyl groups excluding tert-OH is 1. The van der Waals surface area contributed by atoms with Crippen LogP contribution in [-0.2, 0) is 11.8 Å². The molecule has 0 saturated carbocycles. The van der Waals surface area contributed by atoms with E-state index in [1.165, 1.54) is 15.0 Å². The van der Waals surface area contributed by atoms with Gasteiger partial charge in [-0.1, -0.05) is 43.6 Å². The minimum atomic E-state index is -0.315. The molecule has 0 unspecified atom stereocenters. The number of hydrogen-bond acceptors (Lipinski definition) is 5. The monoisotopic (exact) mass is 423 g/mol. The topological polar surface area (TPSA) is 72.0 Å². The van der Waals surface area contributed by atoms with Crippen molar-refractivity contribution in [2.24, 2.45) is 0 Å². The molecular weight excluding hydrogens is 402 g/mol. The van der Waals surface area contributed by atoms with E-state index in [0.717, 1.165) is 22.4 Å². The van der Waals surface area contributed by atoms with Crippen molar-refractivity contribution in [1.29, 1.82) is 0 Å². The molecule has 3 heterocycles. The molecule has 0 spiro atoms. The first-order chi connectivity index (χ1) is 13.9. The molecule has 0 fully saturated rings. The molecule has 0 radical (unpaired) electrons. The summed E-state index contributed by atoms with van der Waals surface area (Å²) in [4.78, 5) is 9.84. The molecule has 6 heteroatoms. The van der Waals surface area contributed by atoms with Crippen molar-refractivity contribution < 1.29 is 5.11 Å². The lowest BCUT2D eigenvalue weighted by molar-refractivity contribution is 0.218. The molecule has 4 nitrogen and oxygen atoms in total. The van der Waals surface area contributed by atoms with Crippen LogP contribution in [0.15, 0.2) is 54.9 Å². The summed E-state index contributed by atoms with van der Waals surface area (Å²) in [6, 6.07) is 14.3. The standard InChI is InChI=1S/C23H22ClN3OS/c1-23(2,13-28)16-6-7-26-20(11-16)18-5-3-4-14-8-17(29-22(14)18)9-15-10-21(25)27-12-19(15)24/h3-8,10-12,28H,9,13H2,1-2H3,(H2,25,27). The first-order valence-corrected chi connectivity index (χ1v) is 10.6. The Bertz CT molecular complexity index is 1190. The first-order valence-electron chi connectivity index (χ1n) is 9.36. The highest BCUT2D eigenvalue weighted by Crippen LogP contribution is 2.37. The van der Waals surface area contributed by atoms with E-state index in [-0.39, 0.29) is 12.0 Å². The predicted octanol–water partition coefficient (Wildman–Crippen LogP) is 5.45. The van der Waals surface area contributed by atoms with Crippen molar-refractivity contribution in [2.45, 2.75) is 25.7 Å². The summed E-state index contributed by atoms with van der Waals surface area (Å²) in [5.74, 6) is 0.471. The maximum Gasteiger partial charge on any atom is 0.123 e. The van der Waals surface area contributed by atoms with Gasteiger partial charge in [0.25, 0.3) is 0 Å². The van der Waals surface area contributed by atoms with Crippen LogP contribution >= 0.6 is 22.9 Å². The summed E-state index contributed by atoms with van der Waals surface area (Å²) in [7, 11) is 0. The van der Waals surface area contributed by atoms with Gasteiger partial charge in [-0.25, -0.2) is 4.98 Å². The maximum atomic E-state index is 9.72. The molecule has 3 aromatic heterocycles. The molecule has 0 amide bonds. The van der Waals surface area contributed by atoms with Gasteiger partial charge in [0.05, 0.1) is 17.3 Å². The van der Waals surface area contributed by atoms with Gasteiger partial charge in [-0.15, -0.1) is 11.3 Å². The first kappa shape index (κ1) is 19.8. The third-order valence-electron chi connectivity index (χ3n) is 5.13. The van der Waals surface area contributed by atoms with E-state index in [1.54, 1.807) is 17.5 Å². The third kappa shape index (κ3) is 3.99. The Morgan fingerprint density at radius 2 is 1.97 bits per heavy atom. The van der Waals surface area contributed by atoms with Gasteiger partial charge in [0.1, 0.15) is 5.82 Å². The van der Waals surface area contributed by atoms with Gasteiger partial charge in [0, 0.05) is 39.4 Å². The summed E-state index contributed by atoms with van der Waals surface area (Å²) in [5, 5.41) is 11.5.